The van der Waals surface area contributed by atoms with Gasteiger partial charge in [-0.25, -0.2) is 4.79 Å². The van der Waals surface area contributed by atoms with E-state index in [-0.39, 0.29) is 0 Å². The number of rotatable bonds is 4. The molecule has 0 amide bonds. The molecule has 5 heteroatoms. The Hall–Kier alpha value is -1.23. The fourth-order valence-corrected chi connectivity index (χ4v) is 0.414. The van der Waals surface area contributed by atoms with Crippen LogP contribution in [0.15, 0.2) is 0 Å². The van der Waals surface area contributed by atoms with Crippen molar-refractivity contribution in [2.75, 3.05) is 7.11 Å². The van der Waals surface area contributed by atoms with Gasteiger partial charge in [0.25, 0.3) is 0 Å². The number of ether oxygens (including phenoxy) is 1. The summed E-state index contributed by atoms with van der Waals surface area (Å²) in [6.45, 7) is 0. The average molecular weight is 145 g/mol. The van der Waals surface area contributed by atoms with Gasteiger partial charge in [0.2, 0.25) is 11.9 Å². The van der Waals surface area contributed by atoms with Crippen LogP contribution in [0.25, 0.3) is 0 Å². The van der Waals surface area contributed by atoms with Crippen LogP contribution in [0.5, 0.6) is 0 Å². The molecule has 0 aromatic carbocycles. The predicted octanol–water partition coefficient (Wildman–Crippen LogP) is -0.695. The maximum Gasteiger partial charge on any atom is 0.341 e. The molecule has 0 aromatic heterocycles. The van der Waals surface area contributed by atoms with Crippen molar-refractivity contribution in [3.05, 3.63) is 0 Å². The molecule has 0 fully saturated rings. The van der Waals surface area contributed by atoms with Gasteiger partial charge in [0.05, 0.1) is 6.21 Å². The Morgan fingerprint density at radius 3 is 2.30 bits per heavy atom. The highest BCUT2D eigenvalue weighted by molar-refractivity contribution is 6.33. The predicted molar refractivity (Wildman–Crippen MR) is 32.2 cm³/mol. The second-order valence-corrected chi connectivity index (χ2v) is 1.50. The number of carboxylic acid groups (broad SMARTS) is 1. The Bertz CT molecular complexity index is 165. The third-order valence-corrected chi connectivity index (χ3v) is 0.861. The number of hydrogen-bond acceptors (Lipinski definition) is 4. The third kappa shape index (κ3) is 1.94. The first-order chi connectivity index (χ1) is 4.63. The van der Waals surface area contributed by atoms with Crippen LogP contribution in [0, 0.1) is 5.41 Å². The van der Waals surface area contributed by atoms with Gasteiger partial charge < -0.3 is 15.3 Å². The average Bonchev–Trinajstić information content (AvgIpc) is 1.88. The molecule has 2 N–H and O–H groups in total. The van der Waals surface area contributed by atoms with E-state index >= 15 is 0 Å². The van der Waals surface area contributed by atoms with Gasteiger partial charge in [-0.2, -0.15) is 0 Å². The van der Waals surface area contributed by atoms with Crippen LogP contribution in [-0.2, 0) is 14.3 Å². The molecule has 0 aliphatic heterocycles. The van der Waals surface area contributed by atoms with Crippen LogP contribution in [0.3, 0.4) is 0 Å². The molecular weight excluding hydrogens is 138 g/mol. The standard InChI is InChI=1S/C5H7NO4/c1-10-4(5(8)9)3(7)2-6/h2,4,6H,1H3,(H,8,9). The van der Waals surface area contributed by atoms with E-state index < -0.39 is 17.9 Å². The number of nitrogens with one attached hydrogen (secondary N) is 1. The van der Waals surface area contributed by atoms with Crippen molar-refractivity contribution in [1.29, 1.82) is 5.41 Å². The smallest absolute Gasteiger partial charge is 0.341 e. The first-order valence-electron chi connectivity index (χ1n) is 2.43. The number of aliphatic carboxylic acids is 1. The van der Waals surface area contributed by atoms with Gasteiger partial charge in [-0.1, -0.05) is 0 Å². The Labute approximate surface area is 57.1 Å². The van der Waals surface area contributed by atoms with Crippen molar-refractivity contribution in [2.24, 2.45) is 0 Å². The quantitative estimate of drug-likeness (QED) is 0.404. The van der Waals surface area contributed by atoms with Gasteiger partial charge >= 0.3 is 5.97 Å². The second-order valence-electron chi connectivity index (χ2n) is 1.50. The highest BCUT2D eigenvalue weighted by Gasteiger charge is 2.23. The van der Waals surface area contributed by atoms with E-state index in [0.717, 1.165) is 7.11 Å². The lowest BCUT2D eigenvalue weighted by atomic mass is 10.2. The van der Waals surface area contributed by atoms with Crippen molar-refractivity contribution in [2.45, 2.75) is 6.10 Å². The Morgan fingerprint density at radius 1 is 1.70 bits per heavy atom. The van der Waals surface area contributed by atoms with E-state index in [1.807, 2.05) is 0 Å². The summed E-state index contributed by atoms with van der Waals surface area (Å²) < 4.78 is 4.26. The molecule has 5 nitrogen and oxygen atoms in total. The number of hydrogen-bond donors (Lipinski definition) is 2. The third-order valence-electron chi connectivity index (χ3n) is 0.861. The van der Waals surface area contributed by atoms with Crippen LogP contribution in [0.1, 0.15) is 0 Å². The summed E-state index contributed by atoms with van der Waals surface area (Å²) in [5, 5.41) is 14.6. The lowest BCUT2D eigenvalue weighted by Gasteiger charge is -2.03. The Kier molecular flexibility index (Phi) is 3.27. The largest absolute Gasteiger partial charge is 0.479 e. The van der Waals surface area contributed by atoms with Crippen molar-refractivity contribution in [3.63, 3.8) is 0 Å². The zero-order valence-electron chi connectivity index (χ0n) is 5.33. The van der Waals surface area contributed by atoms with Gasteiger partial charge in [0.1, 0.15) is 0 Å². The molecule has 0 rings (SSSR count). The van der Waals surface area contributed by atoms with Gasteiger partial charge in [0.15, 0.2) is 0 Å². The molecule has 0 aromatic rings. The maximum atomic E-state index is 10.4. The molecule has 0 spiro atoms. The van der Waals surface area contributed by atoms with Gasteiger partial charge in [-0.15, -0.1) is 0 Å². The number of carboxylic acids is 1. The van der Waals surface area contributed by atoms with E-state index in [2.05, 4.69) is 4.74 Å². The van der Waals surface area contributed by atoms with Crippen molar-refractivity contribution in [1.82, 2.24) is 0 Å². The molecule has 0 radical (unpaired) electrons. The zero-order valence-corrected chi connectivity index (χ0v) is 5.33. The molecule has 0 saturated heterocycles. The van der Waals surface area contributed by atoms with Crippen LogP contribution >= 0.6 is 0 Å². The van der Waals surface area contributed by atoms with Crippen molar-refractivity contribution in [3.8, 4) is 0 Å². The molecule has 0 bridgehead atoms. The molecule has 0 aliphatic rings. The summed E-state index contributed by atoms with van der Waals surface area (Å²) in [5.74, 6) is -2.24. The molecule has 0 saturated carbocycles. The summed E-state index contributed by atoms with van der Waals surface area (Å²) >= 11 is 0. The highest BCUT2D eigenvalue weighted by atomic mass is 16.5. The molecule has 1 atom stereocenters. The van der Waals surface area contributed by atoms with Crippen LogP contribution < -0.4 is 0 Å². The number of Topliss-reactive ketones (excluding diaryl/α,β-unsaturated/α-hetero) is 1. The molecule has 56 valence electrons. The summed E-state index contributed by atoms with van der Waals surface area (Å²) in [5.41, 5.74) is 0. The summed E-state index contributed by atoms with van der Waals surface area (Å²) in [6, 6.07) is 0. The minimum absolute atomic E-state index is 0.419. The second kappa shape index (κ2) is 3.73. The molecule has 10 heavy (non-hydrogen) atoms. The van der Waals surface area contributed by atoms with Gasteiger partial charge in [-0.05, 0) is 0 Å². The highest BCUT2D eigenvalue weighted by Crippen LogP contribution is 1.89. The lowest BCUT2D eigenvalue weighted by molar-refractivity contribution is -0.151. The summed E-state index contributed by atoms with van der Waals surface area (Å²) in [6.07, 6.45) is -1.11. The van der Waals surface area contributed by atoms with Crippen LogP contribution in [0.4, 0.5) is 0 Å². The fourth-order valence-electron chi connectivity index (χ4n) is 0.414. The monoisotopic (exact) mass is 145 g/mol. The summed E-state index contributed by atoms with van der Waals surface area (Å²) in [4.78, 5) is 20.5. The first kappa shape index (κ1) is 8.77. The molecular formula is C5H7NO4. The molecule has 1 unspecified atom stereocenters. The topological polar surface area (TPSA) is 87.5 Å². The molecule has 0 heterocycles. The number of carbonyl (C=O) groups excluding carboxylic acids is 1. The first-order valence-corrected chi connectivity index (χ1v) is 2.43. The fraction of sp³-hybridized carbons (Fsp3) is 0.400. The maximum absolute atomic E-state index is 10.4. The van der Waals surface area contributed by atoms with E-state index in [0.29, 0.717) is 6.21 Å². The van der Waals surface area contributed by atoms with E-state index in [1.54, 1.807) is 0 Å². The minimum Gasteiger partial charge on any atom is -0.479 e. The Morgan fingerprint density at radius 2 is 2.20 bits per heavy atom. The summed E-state index contributed by atoms with van der Waals surface area (Å²) in [7, 11) is 1.10. The van der Waals surface area contributed by atoms with E-state index in [1.165, 1.54) is 0 Å². The van der Waals surface area contributed by atoms with Crippen molar-refractivity contribution >= 4 is 18.0 Å². The van der Waals surface area contributed by atoms with Crippen LogP contribution in [0.2, 0.25) is 0 Å². The Balaban J connectivity index is 4.20. The van der Waals surface area contributed by atoms with Crippen LogP contribution in [-0.4, -0.2) is 36.3 Å². The molecule has 0 aliphatic carbocycles. The van der Waals surface area contributed by atoms with Gasteiger partial charge in [-0.3, -0.25) is 4.79 Å². The number of carbonyl (C=O) groups is 2. The lowest BCUT2D eigenvalue weighted by Crippen LogP contribution is -2.32. The minimum atomic E-state index is -1.53. The zero-order chi connectivity index (χ0) is 8.15. The SMILES string of the molecule is COC(C(=O)O)C(=O)C=N. The number of ketones is 1. The van der Waals surface area contributed by atoms with E-state index in [4.69, 9.17) is 10.5 Å². The number of methoxy groups -OCH3 is 1. The normalized spacial score (nSPS) is 12.1. The van der Waals surface area contributed by atoms with E-state index in [9.17, 15) is 9.59 Å². The van der Waals surface area contributed by atoms with Crippen molar-refractivity contribution < 1.29 is 19.4 Å². The van der Waals surface area contributed by atoms with Gasteiger partial charge in [0, 0.05) is 7.11 Å².